The molecule has 230 valence electrons. The van der Waals surface area contributed by atoms with E-state index in [9.17, 15) is 0 Å². The zero-order valence-electron chi connectivity index (χ0n) is 27.4. The smallest absolute Gasteiger partial charge is 0.00489 e. The van der Waals surface area contributed by atoms with Crippen molar-refractivity contribution in [1.82, 2.24) is 5.32 Å². The van der Waals surface area contributed by atoms with Gasteiger partial charge < -0.3 is 5.32 Å². The van der Waals surface area contributed by atoms with Gasteiger partial charge in [-0.05, 0) is 31.8 Å². The minimum absolute atomic E-state index is 1.03. The third-order valence-electron chi connectivity index (χ3n) is 8.85. The molecule has 0 saturated heterocycles. The van der Waals surface area contributed by atoms with E-state index >= 15 is 0 Å². The van der Waals surface area contributed by atoms with Crippen LogP contribution in [0, 0.1) is 5.92 Å². The lowest BCUT2D eigenvalue weighted by atomic mass is 9.89. The predicted octanol–water partition coefficient (Wildman–Crippen LogP) is 13.3. The monoisotopic (exact) mass is 536 g/mol. The molecule has 1 N–H and O–H groups in total. The van der Waals surface area contributed by atoms with Crippen LogP contribution >= 0.6 is 0 Å². The van der Waals surface area contributed by atoms with Crippen LogP contribution in [-0.4, -0.2) is 13.1 Å². The molecular formula is C37H77N. The third-order valence-corrected chi connectivity index (χ3v) is 8.85. The topological polar surface area (TPSA) is 12.0 Å². The van der Waals surface area contributed by atoms with Crippen molar-refractivity contribution < 1.29 is 0 Å². The molecule has 1 heteroatoms. The molecule has 0 spiro atoms. The Labute approximate surface area is 243 Å². The first-order valence-electron chi connectivity index (χ1n) is 18.6. The minimum atomic E-state index is 1.03. The van der Waals surface area contributed by atoms with E-state index in [1.54, 1.807) is 0 Å². The molecule has 0 aromatic rings. The van der Waals surface area contributed by atoms with Gasteiger partial charge in [0.15, 0.2) is 0 Å². The molecule has 1 nitrogen and oxygen atoms in total. The Bertz CT molecular complexity index is 392. The van der Waals surface area contributed by atoms with Crippen LogP contribution < -0.4 is 5.32 Å². The second-order valence-electron chi connectivity index (χ2n) is 12.8. The summed E-state index contributed by atoms with van der Waals surface area (Å²) < 4.78 is 0. The van der Waals surface area contributed by atoms with Crippen molar-refractivity contribution in [2.24, 2.45) is 5.92 Å². The standard InChI is InChI=1S/C37H77N/c1-4-7-10-13-14-15-16-17-18-19-20-21-25-30-35-38-36-31-26-22-24-29-34-37(32-27-12-9-6-3)33-28-23-11-8-5-2/h37-38H,4-36H2,1-3H3. The molecule has 0 amide bonds. The Hall–Kier alpha value is -0.0400. The van der Waals surface area contributed by atoms with Crippen LogP contribution in [0.2, 0.25) is 0 Å². The summed E-state index contributed by atoms with van der Waals surface area (Å²) >= 11 is 0. The molecule has 0 aliphatic carbocycles. The number of hydrogen-bond acceptors (Lipinski definition) is 1. The van der Waals surface area contributed by atoms with Gasteiger partial charge >= 0.3 is 0 Å². The van der Waals surface area contributed by atoms with Crippen LogP contribution in [0.4, 0.5) is 0 Å². The van der Waals surface area contributed by atoms with Crippen molar-refractivity contribution in [3.63, 3.8) is 0 Å². The Morgan fingerprint density at radius 3 is 0.842 bits per heavy atom. The Morgan fingerprint density at radius 1 is 0.289 bits per heavy atom. The molecule has 1 unspecified atom stereocenters. The Morgan fingerprint density at radius 2 is 0.526 bits per heavy atom. The molecule has 0 aromatic carbocycles. The fraction of sp³-hybridized carbons (Fsp3) is 1.00. The third kappa shape index (κ3) is 32.2. The SMILES string of the molecule is CCCCCCCCCCCCCCCCNCCCCCCCC(CCCCCC)CCCCCCC. The summed E-state index contributed by atoms with van der Waals surface area (Å²) in [6.45, 7) is 9.46. The quantitative estimate of drug-likeness (QED) is 0.0808. The van der Waals surface area contributed by atoms with E-state index in [0.717, 1.165) is 5.92 Å². The second kappa shape index (κ2) is 35.0. The average Bonchev–Trinajstić information content (AvgIpc) is 2.93. The fourth-order valence-corrected chi connectivity index (χ4v) is 6.11. The molecule has 0 rings (SSSR count). The molecule has 0 aromatic heterocycles. The molecule has 0 radical (unpaired) electrons. The van der Waals surface area contributed by atoms with Gasteiger partial charge in [0.2, 0.25) is 0 Å². The van der Waals surface area contributed by atoms with Crippen molar-refractivity contribution in [1.29, 1.82) is 0 Å². The molecule has 0 aliphatic rings. The van der Waals surface area contributed by atoms with Gasteiger partial charge in [0.05, 0.1) is 0 Å². The van der Waals surface area contributed by atoms with Crippen molar-refractivity contribution in [2.75, 3.05) is 13.1 Å². The van der Waals surface area contributed by atoms with E-state index in [2.05, 4.69) is 26.1 Å². The number of unbranched alkanes of at least 4 members (excludes halogenated alkanes) is 24. The largest absolute Gasteiger partial charge is 0.317 e. The highest BCUT2D eigenvalue weighted by Crippen LogP contribution is 2.24. The van der Waals surface area contributed by atoms with Gasteiger partial charge in [-0.25, -0.2) is 0 Å². The fourth-order valence-electron chi connectivity index (χ4n) is 6.11. The van der Waals surface area contributed by atoms with Gasteiger partial charge in [0, 0.05) is 0 Å². The first-order chi connectivity index (χ1) is 18.8. The summed E-state index contributed by atoms with van der Waals surface area (Å²) in [5, 5.41) is 3.71. The molecule has 0 bridgehead atoms. The number of hydrogen-bond donors (Lipinski definition) is 1. The summed E-state index contributed by atoms with van der Waals surface area (Å²) in [5.74, 6) is 1.03. The van der Waals surface area contributed by atoms with Gasteiger partial charge in [-0.2, -0.15) is 0 Å². The summed E-state index contributed by atoms with van der Waals surface area (Å²) in [6.07, 6.45) is 45.1. The molecular weight excluding hydrogens is 458 g/mol. The second-order valence-corrected chi connectivity index (χ2v) is 12.8. The molecule has 38 heavy (non-hydrogen) atoms. The molecule has 0 fully saturated rings. The highest BCUT2D eigenvalue weighted by molar-refractivity contribution is 4.62. The summed E-state index contributed by atoms with van der Waals surface area (Å²) in [5.41, 5.74) is 0. The van der Waals surface area contributed by atoms with Gasteiger partial charge in [-0.1, -0.05) is 207 Å². The van der Waals surface area contributed by atoms with Gasteiger partial charge in [-0.15, -0.1) is 0 Å². The highest BCUT2D eigenvalue weighted by atomic mass is 14.8. The van der Waals surface area contributed by atoms with Gasteiger partial charge in [0.1, 0.15) is 0 Å². The van der Waals surface area contributed by atoms with E-state index in [0.29, 0.717) is 0 Å². The zero-order valence-corrected chi connectivity index (χ0v) is 27.4. The van der Waals surface area contributed by atoms with Crippen LogP contribution in [0.1, 0.15) is 220 Å². The van der Waals surface area contributed by atoms with E-state index in [1.807, 2.05) is 0 Å². The molecule has 0 heterocycles. The zero-order chi connectivity index (χ0) is 27.6. The highest BCUT2D eigenvalue weighted by Gasteiger charge is 2.08. The molecule has 1 atom stereocenters. The average molecular weight is 536 g/mol. The lowest BCUT2D eigenvalue weighted by molar-refractivity contribution is 0.367. The van der Waals surface area contributed by atoms with Crippen LogP contribution in [0.3, 0.4) is 0 Å². The summed E-state index contributed by atoms with van der Waals surface area (Å²) in [6, 6.07) is 0. The van der Waals surface area contributed by atoms with E-state index in [1.165, 1.54) is 212 Å². The molecule has 0 aliphatic heterocycles. The summed E-state index contributed by atoms with van der Waals surface area (Å²) in [7, 11) is 0. The van der Waals surface area contributed by atoms with E-state index in [-0.39, 0.29) is 0 Å². The van der Waals surface area contributed by atoms with Crippen LogP contribution in [0.25, 0.3) is 0 Å². The van der Waals surface area contributed by atoms with Crippen molar-refractivity contribution in [3.8, 4) is 0 Å². The van der Waals surface area contributed by atoms with Gasteiger partial charge in [-0.3, -0.25) is 0 Å². The van der Waals surface area contributed by atoms with Gasteiger partial charge in [0.25, 0.3) is 0 Å². The van der Waals surface area contributed by atoms with Crippen LogP contribution in [0.5, 0.6) is 0 Å². The first kappa shape index (κ1) is 38.0. The van der Waals surface area contributed by atoms with E-state index < -0.39 is 0 Å². The first-order valence-corrected chi connectivity index (χ1v) is 18.6. The van der Waals surface area contributed by atoms with Crippen molar-refractivity contribution in [3.05, 3.63) is 0 Å². The van der Waals surface area contributed by atoms with Crippen molar-refractivity contribution in [2.45, 2.75) is 220 Å². The van der Waals surface area contributed by atoms with Crippen LogP contribution in [0.15, 0.2) is 0 Å². The van der Waals surface area contributed by atoms with Crippen molar-refractivity contribution >= 4 is 0 Å². The summed E-state index contributed by atoms with van der Waals surface area (Å²) in [4.78, 5) is 0. The normalized spacial score (nSPS) is 12.4. The lowest BCUT2D eigenvalue weighted by Crippen LogP contribution is -2.16. The minimum Gasteiger partial charge on any atom is -0.317 e. The number of rotatable bonds is 34. The maximum Gasteiger partial charge on any atom is -0.00489 e. The molecule has 0 saturated carbocycles. The Balaban J connectivity index is 3.39. The predicted molar refractivity (Wildman–Crippen MR) is 177 cm³/mol. The number of nitrogens with one attached hydrogen (secondary N) is 1. The van der Waals surface area contributed by atoms with Crippen LogP contribution in [-0.2, 0) is 0 Å². The maximum absolute atomic E-state index is 3.71. The maximum atomic E-state index is 3.71. The Kier molecular flexibility index (Phi) is 35.0. The lowest BCUT2D eigenvalue weighted by Gasteiger charge is -2.17. The van der Waals surface area contributed by atoms with E-state index in [4.69, 9.17) is 0 Å².